The van der Waals surface area contributed by atoms with Gasteiger partial charge in [-0.25, -0.2) is 0 Å². The second-order valence-corrected chi connectivity index (χ2v) is 7.77. The van der Waals surface area contributed by atoms with Gasteiger partial charge in [-0.05, 0) is 82.8 Å². The fraction of sp³-hybridized carbons (Fsp3) is 0.105. The quantitative estimate of drug-likeness (QED) is 0.282. The number of esters is 1. The summed E-state index contributed by atoms with van der Waals surface area (Å²) in [7, 11) is 1.27. The van der Waals surface area contributed by atoms with Gasteiger partial charge in [0.15, 0.2) is 5.11 Å². The van der Waals surface area contributed by atoms with Crippen LogP contribution in [0.4, 0.5) is 5.69 Å². The maximum absolute atomic E-state index is 13.1. The van der Waals surface area contributed by atoms with E-state index in [1.807, 2.05) is 22.6 Å². The van der Waals surface area contributed by atoms with Crippen LogP contribution in [0.25, 0.3) is 6.08 Å². The van der Waals surface area contributed by atoms with Crippen LogP contribution in [-0.2, 0) is 14.3 Å². The summed E-state index contributed by atoms with van der Waals surface area (Å²) < 4.78 is 5.37. The highest BCUT2D eigenvalue weighted by Crippen LogP contribution is 2.30. The average Bonchev–Trinajstić information content (AvgIpc) is 2.89. The number of aromatic hydroxyl groups is 1. The standard InChI is InChI=1S/C19H14ClIN2O4S/c1-27-17(25)10-22-15(9-11-2-7-16(24)14(21)8-11)18(26)23(19(22)28)13-5-3-12(20)4-6-13/h2-9,24H,10H2,1H3/b15-9-. The lowest BCUT2D eigenvalue weighted by molar-refractivity contribution is -0.140. The van der Waals surface area contributed by atoms with Crippen LogP contribution >= 0.6 is 46.4 Å². The van der Waals surface area contributed by atoms with Gasteiger partial charge in [0.1, 0.15) is 18.0 Å². The Balaban J connectivity index is 2.06. The van der Waals surface area contributed by atoms with Gasteiger partial charge in [-0.3, -0.25) is 14.5 Å². The average molecular weight is 529 g/mol. The molecule has 2 aromatic rings. The SMILES string of the molecule is COC(=O)CN1C(=S)N(c2ccc(Cl)cc2)C(=O)/C1=C/c1ccc(O)c(I)c1. The molecule has 1 saturated heterocycles. The van der Waals surface area contributed by atoms with E-state index in [0.29, 0.717) is 19.8 Å². The molecule has 0 saturated carbocycles. The van der Waals surface area contributed by atoms with Crippen LogP contribution in [0.2, 0.25) is 5.02 Å². The molecule has 0 unspecified atom stereocenters. The van der Waals surface area contributed by atoms with Crippen molar-refractivity contribution in [2.45, 2.75) is 0 Å². The van der Waals surface area contributed by atoms with Crippen LogP contribution < -0.4 is 4.90 Å². The number of nitrogens with zero attached hydrogens (tertiary/aromatic N) is 2. The van der Waals surface area contributed by atoms with Crippen LogP contribution in [0.3, 0.4) is 0 Å². The van der Waals surface area contributed by atoms with Crippen LogP contribution in [0.15, 0.2) is 48.2 Å². The highest BCUT2D eigenvalue weighted by atomic mass is 127. The minimum atomic E-state index is -0.528. The summed E-state index contributed by atoms with van der Waals surface area (Å²) in [5.74, 6) is -0.760. The molecule has 0 bridgehead atoms. The van der Waals surface area contributed by atoms with E-state index in [4.69, 9.17) is 28.6 Å². The maximum Gasteiger partial charge on any atom is 0.325 e. The number of carbonyl (C=O) groups excluding carboxylic acids is 2. The Hall–Kier alpha value is -2.17. The third-order valence-electron chi connectivity index (χ3n) is 4.01. The molecule has 0 aliphatic carbocycles. The number of phenols is 1. The minimum absolute atomic E-state index is 0.144. The molecule has 0 atom stereocenters. The summed E-state index contributed by atoms with van der Waals surface area (Å²) in [6.45, 7) is -0.202. The summed E-state index contributed by atoms with van der Waals surface area (Å²) in [6.07, 6.45) is 1.62. The molecule has 1 amide bonds. The lowest BCUT2D eigenvalue weighted by Crippen LogP contribution is -2.35. The van der Waals surface area contributed by atoms with Crippen LogP contribution in [0.5, 0.6) is 5.75 Å². The second kappa shape index (κ2) is 8.46. The molecule has 1 N–H and O–H groups in total. The van der Waals surface area contributed by atoms with E-state index >= 15 is 0 Å². The van der Waals surface area contributed by atoms with Gasteiger partial charge in [0, 0.05) is 5.02 Å². The smallest absolute Gasteiger partial charge is 0.325 e. The maximum atomic E-state index is 13.1. The number of carbonyl (C=O) groups is 2. The van der Waals surface area contributed by atoms with E-state index in [0.717, 1.165) is 0 Å². The fourth-order valence-corrected chi connectivity index (χ4v) is 3.63. The lowest BCUT2D eigenvalue weighted by Gasteiger charge is -2.19. The Bertz CT molecular complexity index is 994. The molecule has 9 heteroatoms. The Morgan fingerprint density at radius 2 is 1.96 bits per heavy atom. The summed E-state index contributed by atoms with van der Waals surface area (Å²) in [5.41, 5.74) is 1.45. The monoisotopic (exact) mass is 528 g/mol. The van der Waals surface area contributed by atoms with Crippen molar-refractivity contribution in [2.75, 3.05) is 18.6 Å². The molecule has 1 fully saturated rings. The zero-order valence-corrected chi connectivity index (χ0v) is 18.3. The Kier molecular flexibility index (Phi) is 6.21. The third kappa shape index (κ3) is 4.13. The Morgan fingerprint density at radius 3 is 2.57 bits per heavy atom. The van der Waals surface area contributed by atoms with Gasteiger partial charge in [0.25, 0.3) is 5.91 Å². The van der Waals surface area contributed by atoms with Crippen molar-refractivity contribution < 1.29 is 19.4 Å². The van der Waals surface area contributed by atoms with Gasteiger partial charge in [0.05, 0.1) is 16.4 Å². The first-order valence-electron chi connectivity index (χ1n) is 8.00. The summed E-state index contributed by atoms with van der Waals surface area (Å²) >= 11 is 13.4. The number of methoxy groups -OCH3 is 1. The number of ether oxygens (including phenoxy) is 1. The van der Waals surface area contributed by atoms with Gasteiger partial charge < -0.3 is 14.7 Å². The van der Waals surface area contributed by atoms with Crippen molar-refractivity contribution >= 4 is 75.2 Å². The summed E-state index contributed by atoms with van der Waals surface area (Å²) in [6, 6.07) is 11.6. The number of anilines is 1. The molecule has 3 rings (SSSR count). The normalized spacial score (nSPS) is 15.5. The number of rotatable bonds is 4. The second-order valence-electron chi connectivity index (χ2n) is 5.80. The topological polar surface area (TPSA) is 70.1 Å². The molecule has 6 nitrogen and oxygen atoms in total. The molecule has 1 heterocycles. The van der Waals surface area contributed by atoms with Crippen LogP contribution in [0, 0.1) is 3.57 Å². The molecule has 144 valence electrons. The van der Waals surface area contributed by atoms with Gasteiger partial charge in [-0.15, -0.1) is 0 Å². The van der Waals surface area contributed by atoms with E-state index in [-0.39, 0.29) is 29.0 Å². The predicted molar refractivity (Wildman–Crippen MR) is 119 cm³/mol. The molecule has 0 spiro atoms. The van der Waals surface area contributed by atoms with Gasteiger partial charge in [0.2, 0.25) is 0 Å². The van der Waals surface area contributed by atoms with Gasteiger partial charge >= 0.3 is 5.97 Å². The zero-order valence-electron chi connectivity index (χ0n) is 14.6. The number of phenolic OH excluding ortho intramolecular Hbond substituents is 1. The first-order chi connectivity index (χ1) is 13.3. The van der Waals surface area contributed by atoms with Crippen molar-refractivity contribution in [1.82, 2.24) is 4.90 Å². The number of benzene rings is 2. The molecule has 2 aromatic carbocycles. The zero-order chi connectivity index (χ0) is 20.4. The van der Waals surface area contributed by atoms with Crippen molar-refractivity contribution in [3.63, 3.8) is 0 Å². The fourth-order valence-electron chi connectivity index (χ4n) is 2.62. The molecular formula is C19H14ClIN2O4S. The molecule has 28 heavy (non-hydrogen) atoms. The lowest BCUT2D eigenvalue weighted by atomic mass is 10.1. The minimum Gasteiger partial charge on any atom is -0.507 e. The van der Waals surface area contributed by atoms with E-state index in [9.17, 15) is 14.7 Å². The predicted octanol–water partition coefficient (Wildman–Crippen LogP) is 3.80. The summed E-state index contributed by atoms with van der Waals surface area (Å²) in [4.78, 5) is 27.8. The number of thiocarbonyl (C=S) groups is 1. The molecule has 0 radical (unpaired) electrons. The summed E-state index contributed by atoms with van der Waals surface area (Å²) in [5, 5.41) is 10.4. The number of hydrogen-bond acceptors (Lipinski definition) is 5. The van der Waals surface area contributed by atoms with E-state index < -0.39 is 5.97 Å². The Labute approximate surface area is 185 Å². The largest absolute Gasteiger partial charge is 0.507 e. The molecule has 0 aromatic heterocycles. The van der Waals surface area contributed by atoms with E-state index in [1.54, 1.807) is 42.5 Å². The van der Waals surface area contributed by atoms with Gasteiger partial charge in [-0.2, -0.15) is 0 Å². The van der Waals surface area contributed by atoms with E-state index in [2.05, 4.69) is 0 Å². The van der Waals surface area contributed by atoms with Crippen molar-refractivity contribution in [2.24, 2.45) is 0 Å². The third-order valence-corrected chi connectivity index (χ3v) is 5.53. The van der Waals surface area contributed by atoms with Gasteiger partial charge in [-0.1, -0.05) is 17.7 Å². The molecule has 1 aliphatic rings. The van der Waals surface area contributed by atoms with Crippen LogP contribution in [0.1, 0.15) is 5.56 Å². The van der Waals surface area contributed by atoms with Crippen molar-refractivity contribution in [3.05, 3.63) is 62.3 Å². The Morgan fingerprint density at radius 1 is 1.29 bits per heavy atom. The molecule has 1 aliphatic heterocycles. The highest BCUT2D eigenvalue weighted by Gasteiger charge is 2.40. The first kappa shape index (κ1) is 20.6. The first-order valence-corrected chi connectivity index (χ1v) is 9.87. The number of amides is 1. The highest BCUT2D eigenvalue weighted by molar-refractivity contribution is 14.1. The number of halogens is 2. The molecular weight excluding hydrogens is 515 g/mol. The van der Waals surface area contributed by atoms with E-state index in [1.165, 1.54) is 23.0 Å². The van der Waals surface area contributed by atoms with Crippen LogP contribution in [-0.4, -0.2) is 40.6 Å². The number of hydrogen-bond donors (Lipinski definition) is 1. The van der Waals surface area contributed by atoms with Crippen molar-refractivity contribution in [1.29, 1.82) is 0 Å². The van der Waals surface area contributed by atoms with Crippen molar-refractivity contribution in [3.8, 4) is 5.75 Å².